The summed E-state index contributed by atoms with van der Waals surface area (Å²) in [4.78, 5) is 59.1. The standard InChI is InChI=1S/C40H34N2O5/c1-24-11-20-32-33(21-24)39(45)42(38(32)44)30-18-16-28(17-19-30)35-22-34(31-10-6-7-25(2)37(31)41-35)40(46)47-23-36(43)29-14-12-27(13-15-29)26-8-4-3-5-9-26/h3-10,12-19,22,24,32-33H,11,20-21,23H2,1-2H3. The van der Waals surface area contributed by atoms with Crippen LogP contribution in [-0.2, 0) is 14.3 Å². The first-order valence-electron chi connectivity index (χ1n) is 16.0. The van der Waals surface area contributed by atoms with Gasteiger partial charge >= 0.3 is 5.97 Å². The number of nitrogens with zero attached hydrogens (tertiary/aromatic N) is 2. The molecule has 0 bridgehead atoms. The molecule has 2 aliphatic rings. The van der Waals surface area contributed by atoms with Crippen LogP contribution in [0.1, 0.15) is 52.5 Å². The fourth-order valence-corrected chi connectivity index (χ4v) is 6.91. The van der Waals surface area contributed by atoms with E-state index in [1.54, 1.807) is 30.3 Å². The van der Waals surface area contributed by atoms with Gasteiger partial charge in [-0.1, -0.05) is 91.9 Å². The fraction of sp³-hybridized carbons (Fsp3) is 0.225. The van der Waals surface area contributed by atoms with Crippen molar-refractivity contribution in [1.29, 1.82) is 0 Å². The van der Waals surface area contributed by atoms with Gasteiger partial charge in [-0.15, -0.1) is 0 Å². The topological polar surface area (TPSA) is 93.6 Å². The number of carbonyl (C=O) groups is 4. The summed E-state index contributed by atoms with van der Waals surface area (Å²) in [6.07, 6.45) is 2.45. The molecule has 0 radical (unpaired) electrons. The number of hydrogen-bond donors (Lipinski definition) is 0. The Labute approximate surface area is 273 Å². The molecule has 7 heteroatoms. The van der Waals surface area contributed by atoms with Gasteiger partial charge in [-0.2, -0.15) is 0 Å². The zero-order valence-electron chi connectivity index (χ0n) is 26.3. The maximum Gasteiger partial charge on any atom is 0.339 e. The van der Waals surface area contributed by atoms with Crippen LogP contribution in [-0.4, -0.2) is 35.2 Å². The van der Waals surface area contributed by atoms with Crippen LogP contribution in [0.5, 0.6) is 0 Å². The Morgan fingerprint density at radius 3 is 2.21 bits per heavy atom. The van der Waals surface area contributed by atoms with Crippen molar-refractivity contribution in [3.63, 3.8) is 0 Å². The molecule has 1 aliphatic heterocycles. The molecule has 3 atom stereocenters. The molecule has 7 rings (SSSR count). The average Bonchev–Trinajstić information content (AvgIpc) is 3.35. The first kappa shape index (κ1) is 30.2. The highest BCUT2D eigenvalue weighted by molar-refractivity contribution is 6.22. The highest BCUT2D eigenvalue weighted by Gasteiger charge is 2.49. The lowest BCUT2D eigenvalue weighted by atomic mass is 9.76. The highest BCUT2D eigenvalue weighted by Crippen LogP contribution is 2.42. The van der Waals surface area contributed by atoms with Crippen LogP contribution < -0.4 is 4.90 Å². The molecule has 1 saturated heterocycles. The SMILES string of the molecule is Cc1cccc2c(C(=O)OCC(=O)c3ccc(-c4ccccc4)cc3)cc(-c3ccc(N4C(=O)C5CCC(C)CC5C4=O)cc3)nc12. The third-order valence-corrected chi connectivity index (χ3v) is 9.52. The quantitative estimate of drug-likeness (QED) is 0.104. The predicted molar refractivity (Wildman–Crippen MR) is 181 cm³/mol. The van der Waals surface area contributed by atoms with E-state index in [2.05, 4.69) is 6.92 Å². The van der Waals surface area contributed by atoms with Crippen molar-refractivity contribution in [3.8, 4) is 22.4 Å². The van der Waals surface area contributed by atoms with E-state index in [0.717, 1.165) is 36.0 Å². The summed E-state index contributed by atoms with van der Waals surface area (Å²) in [6, 6.07) is 31.5. The number of imide groups is 1. The number of Topliss-reactive ketones (excluding diaryl/α,β-unsaturated/α-hetero) is 1. The molecule has 0 spiro atoms. The van der Waals surface area contributed by atoms with Crippen molar-refractivity contribution in [2.75, 3.05) is 11.5 Å². The van der Waals surface area contributed by atoms with Gasteiger partial charge in [0.15, 0.2) is 12.4 Å². The van der Waals surface area contributed by atoms with E-state index >= 15 is 0 Å². The second-order valence-corrected chi connectivity index (χ2v) is 12.7. The van der Waals surface area contributed by atoms with Crippen LogP contribution in [0.4, 0.5) is 5.69 Å². The molecule has 2 fully saturated rings. The molecule has 4 aromatic carbocycles. The number of rotatable bonds is 7. The maximum atomic E-state index is 13.5. The number of aromatic nitrogens is 1. The predicted octanol–water partition coefficient (Wildman–Crippen LogP) is 7.84. The molecule has 7 nitrogen and oxygen atoms in total. The molecule has 47 heavy (non-hydrogen) atoms. The van der Waals surface area contributed by atoms with E-state index in [4.69, 9.17) is 9.72 Å². The third kappa shape index (κ3) is 5.74. The maximum absolute atomic E-state index is 13.5. The van der Waals surface area contributed by atoms with Gasteiger partial charge in [-0.25, -0.2) is 9.78 Å². The Morgan fingerprint density at radius 2 is 1.47 bits per heavy atom. The van der Waals surface area contributed by atoms with E-state index in [-0.39, 0.29) is 29.4 Å². The summed E-state index contributed by atoms with van der Waals surface area (Å²) in [5.41, 5.74) is 6.12. The number of para-hydroxylation sites is 1. The van der Waals surface area contributed by atoms with Crippen LogP contribution >= 0.6 is 0 Å². The first-order chi connectivity index (χ1) is 22.8. The van der Waals surface area contributed by atoms with Crippen molar-refractivity contribution in [1.82, 2.24) is 4.98 Å². The van der Waals surface area contributed by atoms with Gasteiger partial charge in [-0.05, 0) is 67.0 Å². The smallest absolute Gasteiger partial charge is 0.339 e. The lowest BCUT2D eigenvalue weighted by Crippen LogP contribution is -2.30. The number of benzene rings is 4. The molecule has 5 aromatic rings. The molecule has 3 unspecified atom stereocenters. The summed E-state index contributed by atoms with van der Waals surface area (Å²) < 4.78 is 5.56. The lowest BCUT2D eigenvalue weighted by Gasteiger charge is -2.25. The highest BCUT2D eigenvalue weighted by atomic mass is 16.5. The van der Waals surface area contributed by atoms with E-state index < -0.39 is 12.6 Å². The largest absolute Gasteiger partial charge is 0.454 e. The number of carbonyl (C=O) groups excluding carboxylic acids is 4. The number of ether oxygens (including phenoxy) is 1. The normalized spacial score (nSPS) is 19.1. The molecular weight excluding hydrogens is 588 g/mol. The molecule has 2 heterocycles. The number of pyridine rings is 1. The van der Waals surface area contributed by atoms with Crippen molar-refractivity contribution in [2.45, 2.75) is 33.1 Å². The number of esters is 1. The molecule has 1 aromatic heterocycles. The van der Waals surface area contributed by atoms with E-state index in [0.29, 0.717) is 44.9 Å². The Hall–Kier alpha value is -5.43. The third-order valence-electron chi connectivity index (χ3n) is 9.52. The Bertz CT molecular complexity index is 2020. The average molecular weight is 623 g/mol. The minimum Gasteiger partial charge on any atom is -0.454 e. The second-order valence-electron chi connectivity index (χ2n) is 12.7. The molecule has 234 valence electrons. The minimum atomic E-state index is -0.625. The zero-order valence-corrected chi connectivity index (χ0v) is 26.3. The van der Waals surface area contributed by atoms with Crippen molar-refractivity contribution in [2.24, 2.45) is 17.8 Å². The number of aryl methyl sites for hydroxylation is 1. The van der Waals surface area contributed by atoms with Crippen molar-refractivity contribution < 1.29 is 23.9 Å². The molecule has 2 amide bonds. The van der Waals surface area contributed by atoms with E-state index in [9.17, 15) is 19.2 Å². The minimum absolute atomic E-state index is 0.120. The van der Waals surface area contributed by atoms with Crippen molar-refractivity contribution >= 4 is 40.2 Å². The molecule has 1 aliphatic carbocycles. The van der Waals surface area contributed by atoms with Gasteiger partial charge in [0.25, 0.3) is 0 Å². The summed E-state index contributed by atoms with van der Waals surface area (Å²) in [5, 5.41) is 0.625. The zero-order chi connectivity index (χ0) is 32.7. The Balaban J connectivity index is 1.12. The number of fused-ring (bicyclic) bond motifs is 2. The Morgan fingerprint density at radius 1 is 0.787 bits per heavy atom. The summed E-state index contributed by atoms with van der Waals surface area (Å²) >= 11 is 0. The monoisotopic (exact) mass is 622 g/mol. The van der Waals surface area contributed by atoms with Crippen LogP contribution in [0.3, 0.4) is 0 Å². The number of anilines is 1. The first-order valence-corrected chi connectivity index (χ1v) is 16.0. The number of ketones is 1. The van der Waals surface area contributed by atoms with Gasteiger partial charge < -0.3 is 4.74 Å². The molecular formula is C40H34N2O5. The van der Waals surface area contributed by atoms with E-state index in [1.165, 1.54) is 4.90 Å². The van der Waals surface area contributed by atoms with Crippen LogP contribution in [0.25, 0.3) is 33.3 Å². The van der Waals surface area contributed by atoms with Crippen LogP contribution in [0.15, 0.2) is 103 Å². The van der Waals surface area contributed by atoms with Crippen molar-refractivity contribution in [3.05, 3.63) is 120 Å². The molecule has 1 saturated carbocycles. The van der Waals surface area contributed by atoms with Crippen LogP contribution in [0, 0.1) is 24.7 Å². The summed E-state index contributed by atoms with van der Waals surface area (Å²) in [6.45, 7) is 3.66. The number of hydrogen-bond acceptors (Lipinski definition) is 6. The van der Waals surface area contributed by atoms with Gasteiger partial charge in [-0.3, -0.25) is 19.3 Å². The summed E-state index contributed by atoms with van der Waals surface area (Å²) in [7, 11) is 0. The van der Waals surface area contributed by atoms with E-state index in [1.807, 2.05) is 79.7 Å². The summed E-state index contributed by atoms with van der Waals surface area (Å²) in [5.74, 6) is -1.22. The molecule has 0 N–H and O–H groups in total. The number of amides is 2. The van der Waals surface area contributed by atoms with Gasteiger partial charge in [0.05, 0.1) is 34.3 Å². The van der Waals surface area contributed by atoms with Gasteiger partial charge in [0.1, 0.15) is 0 Å². The second kappa shape index (κ2) is 12.4. The lowest BCUT2D eigenvalue weighted by molar-refractivity contribution is -0.122. The van der Waals surface area contributed by atoms with Gasteiger partial charge in [0.2, 0.25) is 11.8 Å². The van der Waals surface area contributed by atoms with Crippen LogP contribution in [0.2, 0.25) is 0 Å². The fourth-order valence-electron chi connectivity index (χ4n) is 6.91. The van der Waals surface area contributed by atoms with Gasteiger partial charge in [0, 0.05) is 16.5 Å². The Kier molecular flexibility index (Phi) is 7.98.